The molecule has 24 heavy (non-hydrogen) atoms. The molecular weight excluding hydrogens is 296 g/mol. The lowest BCUT2D eigenvalue weighted by Crippen LogP contribution is -2.31. The Kier molecular flexibility index (Phi) is 3.38. The molecule has 0 saturated carbocycles. The fourth-order valence-electron chi connectivity index (χ4n) is 3.30. The Bertz CT molecular complexity index is 1060. The quantitative estimate of drug-likeness (QED) is 0.492. The van der Waals surface area contributed by atoms with Gasteiger partial charge in [-0.15, -0.1) is 0 Å². The van der Waals surface area contributed by atoms with Crippen molar-refractivity contribution in [3.05, 3.63) is 60.0 Å². The molecule has 0 aliphatic rings. The van der Waals surface area contributed by atoms with Gasteiger partial charge in [-0.3, -0.25) is 4.98 Å². The van der Waals surface area contributed by atoms with Gasteiger partial charge in [0.15, 0.2) is 6.20 Å². The zero-order chi connectivity index (χ0) is 16.8. The Morgan fingerprint density at radius 3 is 2.62 bits per heavy atom. The van der Waals surface area contributed by atoms with Crippen LogP contribution in [0.2, 0.25) is 0 Å². The van der Waals surface area contributed by atoms with Gasteiger partial charge in [0.05, 0.1) is 5.56 Å². The summed E-state index contributed by atoms with van der Waals surface area (Å²) in [5.74, 6) is 0.525. The minimum atomic E-state index is 0.525. The summed E-state index contributed by atoms with van der Waals surface area (Å²) in [4.78, 5) is 4.22. The number of nitrogens with zero attached hydrogens (tertiary/aromatic N) is 2. The van der Waals surface area contributed by atoms with Crippen LogP contribution in [0.1, 0.15) is 30.9 Å². The van der Waals surface area contributed by atoms with Crippen molar-refractivity contribution in [3.8, 4) is 11.3 Å². The minimum absolute atomic E-state index is 0.525. The fourth-order valence-corrected chi connectivity index (χ4v) is 3.30. The summed E-state index contributed by atoms with van der Waals surface area (Å²) < 4.78 is 8.22. The van der Waals surface area contributed by atoms with Crippen molar-refractivity contribution in [2.45, 2.75) is 26.7 Å². The molecule has 0 atom stereocenters. The Morgan fingerprint density at radius 1 is 1.04 bits per heavy atom. The summed E-state index contributed by atoms with van der Waals surface area (Å²) >= 11 is 0. The Hall–Kier alpha value is -2.68. The third-order valence-electron chi connectivity index (χ3n) is 4.72. The van der Waals surface area contributed by atoms with E-state index in [2.05, 4.69) is 67.8 Å². The van der Waals surface area contributed by atoms with Gasteiger partial charge < -0.3 is 4.42 Å². The molecule has 3 nitrogen and oxygen atoms in total. The van der Waals surface area contributed by atoms with Crippen molar-refractivity contribution >= 4 is 21.9 Å². The second-order valence-electron chi connectivity index (χ2n) is 6.75. The van der Waals surface area contributed by atoms with Crippen LogP contribution in [-0.2, 0) is 7.05 Å². The first-order chi connectivity index (χ1) is 11.5. The third kappa shape index (κ3) is 2.28. The van der Waals surface area contributed by atoms with E-state index >= 15 is 0 Å². The van der Waals surface area contributed by atoms with Crippen LogP contribution < -0.4 is 4.57 Å². The highest BCUT2D eigenvalue weighted by molar-refractivity contribution is 6.05. The average molecular weight is 317 g/mol. The second-order valence-corrected chi connectivity index (χ2v) is 6.75. The first-order valence-electron chi connectivity index (χ1n) is 8.31. The molecule has 4 rings (SSSR count). The topological polar surface area (TPSA) is 29.9 Å². The standard InChI is InChI=1S/C21H21N2O/c1-13(2)15-5-6-19(23(4)12-15)16-10-21-17(9-14(16)3)18-11-22-8-7-20(18)24-21/h5-13H,1-4H3/q+1. The van der Waals surface area contributed by atoms with E-state index in [0.717, 1.165) is 21.9 Å². The number of fused-ring (bicyclic) bond motifs is 3. The number of furan rings is 1. The zero-order valence-corrected chi connectivity index (χ0v) is 14.5. The average Bonchev–Trinajstić information content (AvgIpc) is 2.92. The van der Waals surface area contributed by atoms with E-state index in [1.807, 2.05) is 12.3 Å². The first-order valence-corrected chi connectivity index (χ1v) is 8.31. The second kappa shape index (κ2) is 5.45. The van der Waals surface area contributed by atoms with Crippen molar-refractivity contribution in [2.24, 2.45) is 7.05 Å². The van der Waals surface area contributed by atoms with Crippen LogP contribution in [-0.4, -0.2) is 4.98 Å². The van der Waals surface area contributed by atoms with Gasteiger partial charge in [-0.2, -0.15) is 0 Å². The van der Waals surface area contributed by atoms with Gasteiger partial charge >= 0.3 is 0 Å². The lowest BCUT2D eigenvalue weighted by atomic mass is 9.99. The van der Waals surface area contributed by atoms with Gasteiger partial charge in [-0.1, -0.05) is 13.8 Å². The van der Waals surface area contributed by atoms with E-state index in [-0.39, 0.29) is 0 Å². The highest BCUT2D eigenvalue weighted by Crippen LogP contribution is 2.33. The molecule has 3 aromatic heterocycles. The summed E-state index contributed by atoms with van der Waals surface area (Å²) in [7, 11) is 2.10. The van der Waals surface area contributed by atoms with E-state index < -0.39 is 0 Å². The predicted molar refractivity (Wildman–Crippen MR) is 97.0 cm³/mol. The van der Waals surface area contributed by atoms with Crippen LogP contribution >= 0.6 is 0 Å². The van der Waals surface area contributed by atoms with Gasteiger partial charge in [0.1, 0.15) is 18.2 Å². The maximum Gasteiger partial charge on any atom is 0.212 e. The number of benzene rings is 1. The van der Waals surface area contributed by atoms with Crippen molar-refractivity contribution in [2.75, 3.05) is 0 Å². The maximum absolute atomic E-state index is 6.02. The number of hydrogen-bond acceptors (Lipinski definition) is 2. The van der Waals surface area contributed by atoms with Gasteiger partial charge in [0.25, 0.3) is 0 Å². The van der Waals surface area contributed by atoms with Gasteiger partial charge in [0.2, 0.25) is 5.69 Å². The molecule has 3 heterocycles. The lowest BCUT2D eigenvalue weighted by molar-refractivity contribution is -0.660. The molecular formula is C21H21N2O+. The molecule has 0 aliphatic heterocycles. The summed E-state index contributed by atoms with van der Waals surface area (Å²) in [5, 5.41) is 2.20. The molecule has 0 unspecified atom stereocenters. The highest BCUT2D eigenvalue weighted by Gasteiger charge is 2.17. The van der Waals surface area contributed by atoms with E-state index in [9.17, 15) is 0 Å². The molecule has 1 aromatic carbocycles. The number of aromatic nitrogens is 2. The lowest BCUT2D eigenvalue weighted by Gasteiger charge is -2.08. The number of hydrogen-bond donors (Lipinski definition) is 0. The van der Waals surface area contributed by atoms with Gasteiger partial charge in [-0.05, 0) is 42.7 Å². The molecule has 0 amide bonds. The van der Waals surface area contributed by atoms with Crippen LogP contribution in [0.3, 0.4) is 0 Å². The predicted octanol–water partition coefficient (Wildman–Crippen LogP) is 4.90. The molecule has 3 heteroatoms. The first kappa shape index (κ1) is 14.9. The Balaban J connectivity index is 1.94. The van der Waals surface area contributed by atoms with Crippen molar-refractivity contribution in [1.82, 2.24) is 4.98 Å². The van der Waals surface area contributed by atoms with Crippen LogP contribution in [0.5, 0.6) is 0 Å². The molecule has 0 spiro atoms. The number of aryl methyl sites for hydroxylation is 2. The molecule has 0 saturated heterocycles. The molecule has 0 fully saturated rings. The molecule has 0 bridgehead atoms. The SMILES string of the molecule is Cc1cc2c(cc1-c1ccc(C(C)C)c[n+]1C)oc1ccncc12. The molecule has 0 radical (unpaired) electrons. The van der Waals surface area contributed by atoms with Crippen LogP contribution in [0, 0.1) is 6.92 Å². The van der Waals surface area contributed by atoms with Crippen molar-refractivity contribution in [3.63, 3.8) is 0 Å². The maximum atomic E-state index is 6.02. The fraction of sp³-hybridized carbons (Fsp3) is 0.238. The van der Waals surface area contributed by atoms with E-state index in [1.165, 1.54) is 22.4 Å². The molecule has 4 aromatic rings. The van der Waals surface area contributed by atoms with Gasteiger partial charge in [0, 0.05) is 34.8 Å². The van der Waals surface area contributed by atoms with Crippen molar-refractivity contribution in [1.29, 1.82) is 0 Å². The smallest absolute Gasteiger partial charge is 0.212 e. The third-order valence-corrected chi connectivity index (χ3v) is 4.72. The summed E-state index contributed by atoms with van der Waals surface area (Å²) in [6, 6.07) is 10.7. The van der Waals surface area contributed by atoms with Gasteiger partial charge in [-0.25, -0.2) is 4.57 Å². The van der Waals surface area contributed by atoms with Crippen molar-refractivity contribution < 1.29 is 8.98 Å². The minimum Gasteiger partial charge on any atom is -0.456 e. The Morgan fingerprint density at radius 2 is 1.88 bits per heavy atom. The van der Waals surface area contributed by atoms with Crippen LogP contribution in [0.4, 0.5) is 0 Å². The number of pyridine rings is 2. The Labute approximate surface area is 141 Å². The highest BCUT2D eigenvalue weighted by atomic mass is 16.3. The summed E-state index contributed by atoms with van der Waals surface area (Å²) in [5.41, 5.74) is 6.77. The monoisotopic (exact) mass is 317 g/mol. The largest absolute Gasteiger partial charge is 0.456 e. The number of rotatable bonds is 2. The van der Waals surface area contributed by atoms with E-state index in [0.29, 0.717) is 5.92 Å². The molecule has 0 N–H and O–H groups in total. The molecule has 0 aliphatic carbocycles. The zero-order valence-electron chi connectivity index (χ0n) is 14.5. The van der Waals surface area contributed by atoms with E-state index in [4.69, 9.17) is 4.42 Å². The van der Waals surface area contributed by atoms with Crippen LogP contribution in [0.25, 0.3) is 33.2 Å². The van der Waals surface area contributed by atoms with E-state index in [1.54, 1.807) is 6.20 Å². The summed E-state index contributed by atoms with van der Waals surface area (Å²) in [6.45, 7) is 6.59. The van der Waals surface area contributed by atoms with Crippen LogP contribution in [0.15, 0.2) is 53.3 Å². The normalized spacial score (nSPS) is 11.7. The molecule has 120 valence electrons. The summed E-state index contributed by atoms with van der Waals surface area (Å²) in [6.07, 6.45) is 5.85.